The van der Waals surface area contributed by atoms with Crippen LogP contribution in [0.25, 0.3) is 10.2 Å². The third-order valence-corrected chi connectivity index (χ3v) is 5.65. The van der Waals surface area contributed by atoms with E-state index in [-0.39, 0.29) is 12.2 Å². The zero-order chi connectivity index (χ0) is 17.8. The molecule has 1 aliphatic carbocycles. The fraction of sp³-hybridized carbons (Fsp3) is 0.556. The van der Waals surface area contributed by atoms with Crippen LogP contribution < -0.4 is 5.56 Å². The number of aliphatic hydroxyl groups is 1. The zero-order valence-corrected chi connectivity index (χ0v) is 15.4. The fourth-order valence-corrected chi connectivity index (χ4v) is 4.56. The summed E-state index contributed by atoms with van der Waals surface area (Å²) in [5.41, 5.74) is 1.16. The summed E-state index contributed by atoms with van der Waals surface area (Å²) in [5, 5.41) is 10.8. The number of aryl methyl sites for hydroxylation is 2. The van der Waals surface area contributed by atoms with Crippen LogP contribution >= 0.6 is 11.3 Å². The number of fused-ring (bicyclic) bond motifs is 3. The van der Waals surface area contributed by atoms with Gasteiger partial charge in [-0.15, -0.1) is 17.9 Å². The Morgan fingerprint density at radius 1 is 1.52 bits per heavy atom. The van der Waals surface area contributed by atoms with Gasteiger partial charge < -0.3 is 14.8 Å². The molecule has 0 fully saturated rings. The maximum absolute atomic E-state index is 12.5. The van der Waals surface area contributed by atoms with Gasteiger partial charge in [0.05, 0.1) is 31.2 Å². The maximum atomic E-state index is 12.5. The molecule has 0 radical (unpaired) electrons. The van der Waals surface area contributed by atoms with Gasteiger partial charge in [0.15, 0.2) is 0 Å². The summed E-state index contributed by atoms with van der Waals surface area (Å²) in [7, 11) is 0. The van der Waals surface area contributed by atoms with Crippen molar-refractivity contribution < 1.29 is 9.84 Å². The predicted molar refractivity (Wildman–Crippen MR) is 100 cm³/mol. The molecule has 1 aliphatic rings. The van der Waals surface area contributed by atoms with Crippen molar-refractivity contribution >= 4 is 21.6 Å². The van der Waals surface area contributed by atoms with Crippen LogP contribution in [0.2, 0.25) is 0 Å². The smallest absolute Gasteiger partial charge is 0.259 e. The molecule has 0 aromatic carbocycles. The lowest BCUT2D eigenvalue weighted by Crippen LogP contribution is -2.35. The van der Waals surface area contributed by atoms with Crippen LogP contribution in [0.5, 0.6) is 0 Å². The Labute approximate surface area is 151 Å². The molecule has 0 spiro atoms. The average molecular weight is 363 g/mol. The number of aromatic amines is 1. The molecule has 1 atom stereocenters. The minimum Gasteiger partial charge on any atom is -0.389 e. The Bertz CT molecular complexity index is 799. The quantitative estimate of drug-likeness (QED) is 0.525. The first-order chi connectivity index (χ1) is 12.1. The van der Waals surface area contributed by atoms with Crippen molar-refractivity contribution in [3.8, 4) is 0 Å². The van der Waals surface area contributed by atoms with Gasteiger partial charge in [0.25, 0.3) is 5.56 Å². The number of nitrogens with one attached hydrogen (secondary N) is 1. The number of rotatable bonds is 9. The predicted octanol–water partition coefficient (Wildman–Crippen LogP) is 1.86. The largest absolute Gasteiger partial charge is 0.389 e. The van der Waals surface area contributed by atoms with Crippen molar-refractivity contribution in [1.82, 2.24) is 14.9 Å². The molecule has 0 saturated heterocycles. The standard InChI is InChI=1S/C18H25N3O3S/c1-3-8-24-11-12(22)9-21(4-2)10-15-19-17(23)16-13-6-5-7-14(13)25-18(16)20-15/h3,12,22H,1,4-11H2,2H3,(H,19,20,23)/t12-/m0/s1. The third kappa shape index (κ3) is 4.17. The van der Waals surface area contributed by atoms with E-state index in [1.54, 1.807) is 17.4 Å². The summed E-state index contributed by atoms with van der Waals surface area (Å²) >= 11 is 1.65. The summed E-state index contributed by atoms with van der Waals surface area (Å²) in [6.07, 6.45) is 4.25. The second kappa shape index (κ2) is 8.23. The van der Waals surface area contributed by atoms with Crippen molar-refractivity contribution in [1.29, 1.82) is 0 Å². The van der Waals surface area contributed by atoms with Crippen LogP contribution in [0.1, 0.15) is 29.6 Å². The molecule has 2 N–H and O–H groups in total. The van der Waals surface area contributed by atoms with E-state index in [2.05, 4.69) is 16.5 Å². The number of likely N-dealkylation sites (N-methyl/N-ethyl adjacent to an activating group) is 1. The number of nitrogens with zero attached hydrogens (tertiary/aromatic N) is 2. The Morgan fingerprint density at radius 3 is 3.12 bits per heavy atom. The Hall–Kier alpha value is -1.54. The maximum Gasteiger partial charge on any atom is 0.259 e. The highest BCUT2D eigenvalue weighted by atomic mass is 32.1. The van der Waals surface area contributed by atoms with Gasteiger partial charge in [0.1, 0.15) is 10.7 Å². The molecule has 3 rings (SSSR count). The van der Waals surface area contributed by atoms with Gasteiger partial charge >= 0.3 is 0 Å². The molecule has 0 aliphatic heterocycles. The van der Waals surface area contributed by atoms with Crippen LogP contribution in [0, 0.1) is 0 Å². The molecule has 6 nitrogen and oxygen atoms in total. The van der Waals surface area contributed by atoms with Crippen LogP contribution in [0.4, 0.5) is 0 Å². The second-order valence-corrected chi connectivity index (χ2v) is 7.44. The molecule has 136 valence electrons. The molecular formula is C18H25N3O3S. The molecule has 25 heavy (non-hydrogen) atoms. The van der Waals surface area contributed by atoms with E-state index >= 15 is 0 Å². The second-order valence-electron chi connectivity index (χ2n) is 6.36. The van der Waals surface area contributed by atoms with Gasteiger partial charge in [0.2, 0.25) is 0 Å². The van der Waals surface area contributed by atoms with Crippen LogP contribution in [-0.4, -0.2) is 52.4 Å². The highest BCUT2D eigenvalue weighted by molar-refractivity contribution is 7.18. The zero-order valence-electron chi connectivity index (χ0n) is 14.6. The summed E-state index contributed by atoms with van der Waals surface area (Å²) in [4.78, 5) is 24.3. The van der Waals surface area contributed by atoms with E-state index < -0.39 is 6.10 Å². The van der Waals surface area contributed by atoms with Crippen molar-refractivity contribution in [3.05, 3.63) is 39.3 Å². The normalized spacial score (nSPS) is 15.0. The molecular weight excluding hydrogens is 338 g/mol. The fourth-order valence-electron chi connectivity index (χ4n) is 3.28. The summed E-state index contributed by atoms with van der Waals surface area (Å²) < 4.78 is 5.29. The molecule has 0 saturated carbocycles. The monoisotopic (exact) mass is 363 g/mol. The highest BCUT2D eigenvalue weighted by Crippen LogP contribution is 2.34. The lowest BCUT2D eigenvalue weighted by Gasteiger charge is -2.22. The van der Waals surface area contributed by atoms with Gasteiger partial charge in [-0.1, -0.05) is 13.0 Å². The van der Waals surface area contributed by atoms with Crippen molar-refractivity contribution in [2.75, 3.05) is 26.3 Å². The van der Waals surface area contributed by atoms with Gasteiger partial charge in [-0.25, -0.2) is 4.98 Å². The summed E-state index contributed by atoms with van der Waals surface area (Å²) in [6, 6.07) is 0. The Kier molecular flexibility index (Phi) is 6.01. The molecule has 0 unspecified atom stereocenters. The van der Waals surface area contributed by atoms with E-state index in [1.807, 2.05) is 11.8 Å². The molecule has 2 aromatic rings. The summed E-state index contributed by atoms with van der Waals surface area (Å²) in [6.45, 7) is 8.02. The van der Waals surface area contributed by atoms with Gasteiger partial charge in [-0.2, -0.15) is 0 Å². The molecule has 7 heteroatoms. The lowest BCUT2D eigenvalue weighted by molar-refractivity contribution is 0.0252. The number of H-pyrrole nitrogens is 1. The lowest BCUT2D eigenvalue weighted by atomic mass is 10.2. The first-order valence-corrected chi connectivity index (χ1v) is 9.56. The number of aromatic nitrogens is 2. The number of ether oxygens (including phenoxy) is 1. The topological polar surface area (TPSA) is 78.5 Å². The Balaban J connectivity index is 1.70. The van der Waals surface area contributed by atoms with E-state index in [1.165, 1.54) is 10.4 Å². The highest BCUT2D eigenvalue weighted by Gasteiger charge is 2.21. The van der Waals surface area contributed by atoms with Gasteiger partial charge in [-0.05, 0) is 31.4 Å². The number of hydrogen-bond acceptors (Lipinski definition) is 6. The molecule has 2 heterocycles. The van der Waals surface area contributed by atoms with Crippen molar-refractivity contribution in [3.63, 3.8) is 0 Å². The summed E-state index contributed by atoms with van der Waals surface area (Å²) in [5.74, 6) is 0.651. The number of hydrogen-bond donors (Lipinski definition) is 2. The van der Waals surface area contributed by atoms with E-state index in [0.29, 0.717) is 25.5 Å². The van der Waals surface area contributed by atoms with Crippen LogP contribution in [0.3, 0.4) is 0 Å². The molecule has 0 bridgehead atoms. The minimum absolute atomic E-state index is 0.0367. The van der Waals surface area contributed by atoms with Gasteiger partial charge in [-0.3, -0.25) is 9.69 Å². The molecule has 0 amide bonds. The SMILES string of the molecule is C=CCOC[C@@H](O)CN(CC)Cc1nc2sc3c(c2c(=O)[nH]1)CCC3. The van der Waals surface area contributed by atoms with Crippen LogP contribution in [-0.2, 0) is 24.1 Å². The number of aliphatic hydroxyl groups excluding tert-OH is 1. The van der Waals surface area contributed by atoms with Crippen LogP contribution in [0.15, 0.2) is 17.4 Å². The van der Waals surface area contributed by atoms with E-state index in [9.17, 15) is 9.90 Å². The first kappa shape index (κ1) is 18.3. The molecule has 2 aromatic heterocycles. The van der Waals surface area contributed by atoms with E-state index in [0.717, 1.165) is 36.0 Å². The first-order valence-electron chi connectivity index (χ1n) is 8.74. The number of thiophene rings is 1. The average Bonchev–Trinajstić information content (AvgIpc) is 3.14. The van der Waals surface area contributed by atoms with Crippen molar-refractivity contribution in [2.24, 2.45) is 0 Å². The third-order valence-electron chi connectivity index (χ3n) is 4.46. The minimum atomic E-state index is -0.583. The van der Waals surface area contributed by atoms with E-state index in [4.69, 9.17) is 4.74 Å². The van der Waals surface area contributed by atoms with Gasteiger partial charge in [0, 0.05) is 11.4 Å². The Morgan fingerprint density at radius 2 is 2.36 bits per heavy atom. The van der Waals surface area contributed by atoms with Crippen molar-refractivity contribution in [2.45, 2.75) is 38.8 Å².